The lowest BCUT2D eigenvalue weighted by Crippen LogP contribution is -2.16. The number of aryl methyl sites for hydroxylation is 1. The first-order valence-corrected chi connectivity index (χ1v) is 10.9. The van der Waals surface area contributed by atoms with Gasteiger partial charge in [0.25, 0.3) is 0 Å². The van der Waals surface area contributed by atoms with Crippen molar-refractivity contribution in [2.24, 2.45) is 5.92 Å². The number of hydrogen-bond donors (Lipinski definition) is 2. The van der Waals surface area contributed by atoms with Crippen LogP contribution < -0.4 is 10.6 Å². The van der Waals surface area contributed by atoms with Gasteiger partial charge in [0.1, 0.15) is 0 Å². The van der Waals surface area contributed by atoms with E-state index in [-0.39, 0.29) is 36.5 Å². The average Bonchev–Trinajstić information content (AvgIpc) is 3.60. The van der Waals surface area contributed by atoms with Gasteiger partial charge in [-0.3, -0.25) is 14.4 Å². The first kappa shape index (κ1) is 22.5. The van der Waals surface area contributed by atoms with Crippen LogP contribution in [-0.2, 0) is 25.5 Å². The number of amides is 2. The van der Waals surface area contributed by atoms with E-state index in [0.29, 0.717) is 24.4 Å². The van der Waals surface area contributed by atoms with Gasteiger partial charge in [-0.25, -0.2) is 0 Å². The molecular weight excluding hydrogens is 392 g/mol. The lowest BCUT2D eigenvalue weighted by molar-refractivity contribution is -0.143. The highest BCUT2D eigenvalue weighted by Crippen LogP contribution is 2.31. The number of rotatable bonds is 11. The molecule has 0 bridgehead atoms. The van der Waals surface area contributed by atoms with Crippen LogP contribution in [-0.4, -0.2) is 24.4 Å². The molecule has 0 radical (unpaired) electrons. The normalized spacial score (nSPS) is 12.8. The molecule has 1 aliphatic rings. The smallest absolute Gasteiger partial charge is 0.305 e. The third-order valence-corrected chi connectivity index (χ3v) is 5.31. The fourth-order valence-corrected chi connectivity index (χ4v) is 3.27. The number of benzene rings is 2. The van der Waals surface area contributed by atoms with Crippen molar-refractivity contribution in [3.05, 3.63) is 59.7 Å². The van der Waals surface area contributed by atoms with Crippen molar-refractivity contribution >= 4 is 29.2 Å². The quantitative estimate of drug-likeness (QED) is 0.408. The van der Waals surface area contributed by atoms with Crippen LogP contribution in [0.15, 0.2) is 48.5 Å². The predicted octanol–water partition coefficient (Wildman–Crippen LogP) is 4.63. The molecule has 3 rings (SSSR count). The maximum Gasteiger partial charge on any atom is 0.305 e. The highest BCUT2D eigenvalue weighted by Gasteiger charge is 2.29. The van der Waals surface area contributed by atoms with Gasteiger partial charge in [0.2, 0.25) is 11.8 Å². The first-order chi connectivity index (χ1) is 15.0. The number of nitrogens with one attached hydrogen (secondary N) is 2. The number of esters is 1. The van der Waals surface area contributed by atoms with Crippen molar-refractivity contribution in [1.82, 2.24) is 0 Å². The zero-order chi connectivity index (χ0) is 22.1. The van der Waals surface area contributed by atoms with E-state index in [1.807, 2.05) is 31.2 Å². The van der Waals surface area contributed by atoms with E-state index in [1.54, 1.807) is 12.1 Å². The second-order valence-corrected chi connectivity index (χ2v) is 7.95. The molecule has 2 N–H and O–H groups in total. The minimum absolute atomic E-state index is 0.0360. The van der Waals surface area contributed by atoms with E-state index in [2.05, 4.69) is 22.8 Å². The molecule has 0 aliphatic heterocycles. The molecule has 0 saturated heterocycles. The molecule has 6 heteroatoms. The van der Waals surface area contributed by atoms with E-state index in [9.17, 15) is 14.4 Å². The SMILES string of the molecule is Cc1c(NC(=O)CCCC(=O)OCCCc2ccccc2)cccc1NC(=O)C1CC1. The molecule has 2 aromatic carbocycles. The Hall–Kier alpha value is -3.15. The molecule has 0 aromatic heterocycles. The van der Waals surface area contributed by atoms with Gasteiger partial charge < -0.3 is 15.4 Å². The van der Waals surface area contributed by atoms with Crippen LogP contribution in [0, 0.1) is 12.8 Å². The molecule has 2 aromatic rings. The minimum Gasteiger partial charge on any atom is -0.466 e. The van der Waals surface area contributed by atoms with Gasteiger partial charge in [0.15, 0.2) is 0 Å². The Morgan fingerprint density at radius 3 is 2.32 bits per heavy atom. The molecule has 2 amide bonds. The molecular formula is C25H30N2O4. The van der Waals surface area contributed by atoms with Gasteiger partial charge in [-0.05, 0) is 62.3 Å². The lowest BCUT2D eigenvalue weighted by Gasteiger charge is -2.13. The Labute approximate surface area is 183 Å². The van der Waals surface area contributed by atoms with Crippen molar-refractivity contribution in [2.45, 2.75) is 51.9 Å². The maximum absolute atomic E-state index is 12.3. The molecule has 1 saturated carbocycles. The fraction of sp³-hybridized carbons (Fsp3) is 0.400. The summed E-state index contributed by atoms with van der Waals surface area (Å²) in [6.45, 7) is 2.25. The van der Waals surface area contributed by atoms with E-state index in [1.165, 1.54) is 5.56 Å². The zero-order valence-electron chi connectivity index (χ0n) is 18.0. The maximum atomic E-state index is 12.3. The predicted molar refractivity (Wildman–Crippen MR) is 121 cm³/mol. The Morgan fingerprint density at radius 1 is 0.903 bits per heavy atom. The molecule has 1 fully saturated rings. The van der Waals surface area contributed by atoms with Crippen LogP contribution in [0.25, 0.3) is 0 Å². The highest BCUT2D eigenvalue weighted by atomic mass is 16.5. The summed E-state index contributed by atoms with van der Waals surface area (Å²) in [5.41, 5.74) is 3.43. The molecule has 0 atom stereocenters. The summed E-state index contributed by atoms with van der Waals surface area (Å²) in [5, 5.41) is 5.80. The second kappa shape index (κ2) is 11.3. The van der Waals surface area contributed by atoms with Gasteiger partial charge in [-0.15, -0.1) is 0 Å². The largest absolute Gasteiger partial charge is 0.466 e. The van der Waals surface area contributed by atoms with Gasteiger partial charge >= 0.3 is 5.97 Å². The molecule has 0 unspecified atom stereocenters. The van der Waals surface area contributed by atoms with Crippen molar-refractivity contribution in [3.63, 3.8) is 0 Å². The van der Waals surface area contributed by atoms with E-state index >= 15 is 0 Å². The van der Waals surface area contributed by atoms with Crippen LogP contribution in [0.2, 0.25) is 0 Å². The highest BCUT2D eigenvalue weighted by molar-refractivity contribution is 5.97. The van der Waals surface area contributed by atoms with Gasteiger partial charge in [-0.1, -0.05) is 36.4 Å². The monoisotopic (exact) mass is 422 g/mol. The summed E-state index contributed by atoms with van der Waals surface area (Å²) < 4.78 is 5.25. The van der Waals surface area contributed by atoms with Crippen LogP contribution in [0.1, 0.15) is 49.7 Å². The van der Waals surface area contributed by atoms with Crippen molar-refractivity contribution in [2.75, 3.05) is 17.2 Å². The Morgan fingerprint density at radius 2 is 1.61 bits per heavy atom. The third kappa shape index (κ3) is 7.55. The zero-order valence-corrected chi connectivity index (χ0v) is 18.0. The van der Waals surface area contributed by atoms with E-state index in [0.717, 1.165) is 31.2 Å². The van der Waals surface area contributed by atoms with Crippen LogP contribution in [0.3, 0.4) is 0 Å². The van der Waals surface area contributed by atoms with Gasteiger partial charge in [-0.2, -0.15) is 0 Å². The topological polar surface area (TPSA) is 84.5 Å². The number of carbonyl (C=O) groups is 3. The lowest BCUT2D eigenvalue weighted by atomic mass is 10.1. The standard InChI is InChI=1S/C25H30N2O4/c1-18-21(11-5-12-22(18)27-25(30)20-15-16-20)26-23(28)13-6-14-24(29)31-17-7-10-19-8-3-2-4-9-19/h2-5,8-9,11-12,20H,6-7,10,13-17H2,1H3,(H,26,28)(H,27,30). The molecule has 164 valence electrons. The van der Waals surface area contributed by atoms with Gasteiger partial charge in [0.05, 0.1) is 6.61 Å². The van der Waals surface area contributed by atoms with Crippen molar-refractivity contribution in [1.29, 1.82) is 0 Å². The Bertz CT molecular complexity index is 907. The number of carbonyl (C=O) groups excluding carboxylic acids is 3. The number of hydrogen-bond acceptors (Lipinski definition) is 4. The summed E-state index contributed by atoms with van der Waals surface area (Å²) in [5.74, 6) is -0.280. The number of anilines is 2. The van der Waals surface area contributed by atoms with Crippen LogP contribution in [0.5, 0.6) is 0 Å². The minimum atomic E-state index is -0.276. The molecule has 31 heavy (non-hydrogen) atoms. The Balaban J connectivity index is 1.33. The van der Waals surface area contributed by atoms with Crippen molar-refractivity contribution < 1.29 is 19.1 Å². The van der Waals surface area contributed by atoms with Crippen LogP contribution >= 0.6 is 0 Å². The third-order valence-electron chi connectivity index (χ3n) is 5.31. The average molecular weight is 423 g/mol. The fourth-order valence-electron chi connectivity index (χ4n) is 3.27. The summed E-state index contributed by atoms with van der Waals surface area (Å²) in [4.78, 5) is 36.1. The summed E-state index contributed by atoms with van der Waals surface area (Å²) in [7, 11) is 0. The van der Waals surface area contributed by atoms with Crippen molar-refractivity contribution in [3.8, 4) is 0 Å². The van der Waals surface area contributed by atoms with Crippen LogP contribution in [0.4, 0.5) is 11.4 Å². The molecule has 0 heterocycles. The second-order valence-electron chi connectivity index (χ2n) is 7.95. The van der Waals surface area contributed by atoms with E-state index in [4.69, 9.17) is 4.74 Å². The first-order valence-electron chi connectivity index (χ1n) is 10.9. The number of ether oxygens (including phenoxy) is 1. The Kier molecular flexibility index (Phi) is 8.21. The summed E-state index contributed by atoms with van der Waals surface area (Å²) in [6, 6.07) is 15.5. The van der Waals surface area contributed by atoms with E-state index < -0.39 is 0 Å². The summed E-state index contributed by atoms with van der Waals surface area (Å²) in [6.07, 6.45) is 4.42. The molecule has 0 spiro atoms. The summed E-state index contributed by atoms with van der Waals surface area (Å²) >= 11 is 0. The molecule has 6 nitrogen and oxygen atoms in total. The molecule has 1 aliphatic carbocycles. The van der Waals surface area contributed by atoms with Gasteiger partial charge in [0, 0.05) is 30.1 Å².